The van der Waals surface area contributed by atoms with Gasteiger partial charge in [-0.1, -0.05) is 37.6 Å². The average Bonchev–Trinajstić information content (AvgIpc) is 2.70. The number of amides is 1. The number of carbonyl (C=O) groups excluding carboxylic acids is 2. The van der Waals surface area contributed by atoms with E-state index in [4.69, 9.17) is 9.47 Å². The van der Waals surface area contributed by atoms with E-state index in [-0.39, 0.29) is 37.4 Å². The van der Waals surface area contributed by atoms with Crippen molar-refractivity contribution in [3.05, 3.63) is 24.4 Å². The van der Waals surface area contributed by atoms with Gasteiger partial charge in [0.15, 0.2) is 6.29 Å². The first kappa shape index (κ1) is 26.7. The second kappa shape index (κ2) is 14.6. The lowest BCUT2D eigenvalue weighted by atomic mass is 9.89. The van der Waals surface area contributed by atoms with Crippen LogP contribution < -0.4 is 5.32 Å². The molecule has 8 nitrogen and oxygen atoms in total. The molecule has 0 saturated heterocycles. The van der Waals surface area contributed by atoms with E-state index >= 15 is 0 Å². The van der Waals surface area contributed by atoms with Crippen LogP contribution in [0.15, 0.2) is 29.4 Å². The maximum atomic E-state index is 11.8. The Hall–Kier alpha value is -1.33. The van der Waals surface area contributed by atoms with E-state index < -0.39 is 18.4 Å². The number of carbonyl (C=O) groups is 2. The van der Waals surface area contributed by atoms with Crippen LogP contribution in [0.5, 0.6) is 0 Å². The summed E-state index contributed by atoms with van der Waals surface area (Å²) in [7, 11) is 3.16. The summed E-state index contributed by atoms with van der Waals surface area (Å²) in [6.45, 7) is 5.59. The highest BCUT2D eigenvalue weighted by Gasteiger charge is 2.27. The fourth-order valence-electron chi connectivity index (χ4n) is 2.20. The maximum absolute atomic E-state index is 11.8. The lowest BCUT2D eigenvalue weighted by Gasteiger charge is -2.30. The number of rotatable bonds is 14. The molecule has 1 aromatic rings. The standard InChI is InChI=1S/C20H32N2O6S2/c1-20(2,3)15(13-23)28-19(26)14-27-18(25)9-6-7-16(24)21-11-12-29-30-17-8-4-5-10-22-17/h4-5,8,10,15,19,23,26H,6-7,9,11-14H2,1-3H3,(H,21,24). The van der Waals surface area contributed by atoms with Crippen LogP contribution in [-0.4, -0.2) is 65.0 Å². The zero-order valence-corrected chi connectivity index (χ0v) is 19.3. The summed E-state index contributed by atoms with van der Waals surface area (Å²) in [6.07, 6.45) is 0.515. The van der Waals surface area contributed by atoms with E-state index in [9.17, 15) is 19.8 Å². The molecule has 0 saturated carbocycles. The monoisotopic (exact) mass is 460 g/mol. The highest BCUT2D eigenvalue weighted by atomic mass is 33.1. The van der Waals surface area contributed by atoms with Crippen LogP contribution in [0.2, 0.25) is 0 Å². The molecule has 0 spiro atoms. The number of esters is 1. The van der Waals surface area contributed by atoms with E-state index in [1.54, 1.807) is 27.8 Å². The predicted molar refractivity (Wildman–Crippen MR) is 118 cm³/mol. The summed E-state index contributed by atoms with van der Waals surface area (Å²) < 4.78 is 10.3. The average molecular weight is 461 g/mol. The Labute approximate surface area is 185 Å². The number of nitrogens with one attached hydrogen (secondary N) is 1. The molecule has 170 valence electrons. The van der Waals surface area contributed by atoms with Crippen molar-refractivity contribution in [3.8, 4) is 0 Å². The SMILES string of the molecule is CC(C)(C)C(CO)OC(O)COC(=O)CCCC(=O)NCCSSc1ccccn1. The quantitative estimate of drug-likeness (QED) is 0.166. The topological polar surface area (TPSA) is 118 Å². The number of hydrogen-bond acceptors (Lipinski definition) is 9. The van der Waals surface area contributed by atoms with Crippen LogP contribution in [0.25, 0.3) is 0 Å². The number of aliphatic hydroxyl groups excluding tert-OH is 2. The van der Waals surface area contributed by atoms with Crippen molar-refractivity contribution in [2.24, 2.45) is 5.41 Å². The lowest BCUT2D eigenvalue weighted by molar-refractivity contribution is -0.199. The van der Waals surface area contributed by atoms with Gasteiger partial charge in [0.1, 0.15) is 11.6 Å². The molecule has 10 heteroatoms. The molecule has 1 aromatic heterocycles. The van der Waals surface area contributed by atoms with Crippen LogP contribution in [0.1, 0.15) is 40.0 Å². The summed E-state index contributed by atoms with van der Waals surface area (Å²) in [5.74, 6) is 0.116. The van der Waals surface area contributed by atoms with Crippen LogP contribution in [0, 0.1) is 5.41 Å². The third kappa shape index (κ3) is 12.4. The number of aliphatic hydroxyl groups is 2. The zero-order valence-electron chi connectivity index (χ0n) is 17.7. The molecule has 0 fully saturated rings. The van der Waals surface area contributed by atoms with Crippen LogP contribution >= 0.6 is 21.6 Å². The number of nitrogens with zero attached hydrogens (tertiary/aromatic N) is 1. The van der Waals surface area contributed by atoms with Crippen molar-refractivity contribution >= 4 is 33.5 Å². The molecule has 30 heavy (non-hydrogen) atoms. The highest BCUT2D eigenvalue weighted by Crippen LogP contribution is 2.28. The number of pyridine rings is 1. The second-order valence-electron chi connectivity index (χ2n) is 7.59. The van der Waals surface area contributed by atoms with Gasteiger partial charge in [0.2, 0.25) is 5.91 Å². The molecule has 0 aromatic carbocycles. The Kier molecular flexibility index (Phi) is 13.0. The molecular weight excluding hydrogens is 428 g/mol. The molecule has 1 amide bonds. The molecular formula is C20H32N2O6S2. The van der Waals surface area contributed by atoms with Crippen molar-refractivity contribution < 1.29 is 29.3 Å². The third-order valence-electron chi connectivity index (χ3n) is 3.91. The van der Waals surface area contributed by atoms with Gasteiger partial charge in [0.25, 0.3) is 0 Å². The minimum Gasteiger partial charge on any atom is -0.460 e. The number of aromatic nitrogens is 1. The first-order valence-electron chi connectivity index (χ1n) is 9.79. The fraction of sp³-hybridized carbons (Fsp3) is 0.650. The van der Waals surface area contributed by atoms with Gasteiger partial charge in [-0.3, -0.25) is 9.59 Å². The zero-order chi connectivity index (χ0) is 22.4. The van der Waals surface area contributed by atoms with Crippen molar-refractivity contribution in [3.63, 3.8) is 0 Å². The molecule has 0 bridgehead atoms. The first-order valence-corrected chi connectivity index (χ1v) is 12.1. The van der Waals surface area contributed by atoms with Gasteiger partial charge in [0, 0.05) is 31.3 Å². The maximum Gasteiger partial charge on any atom is 0.305 e. The van der Waals surface area contributed by atoms with Gasteiger partial charge in [-0.2, -0.15) is 0 Å². The van der Waals surface area contributed by atoms with Gasteiger partial charge < -0.3 is 25.0 Å². The van der Waals surface area contributed by atoms with Crippen molar-refractivity contribution in [1.29, 1.82) is 0 Å². The van der Waals surface area contributed by atoms with E-state index in [0.29, 0.717) is 13.0 Å². The van der Waals surface area contributed by atoms with Gasteiger partial charge in [0.05, 0.1) is 12.7 Å². The number of ether oxygens (including phenoxy) is 2. The van der Waals surface area contributed by atoms with Crippen LogP contribution in [0.4, 0.5) is 0 Å². The summed E-state index contributed by atoms with van der Waals surface area (Å²) in [4.78, 5) is 27.7. The van der Waals surface area contributed by atoms with Gasteiger partial charge >= 0.3 is 5.97 Å². The smallest absolute Gasteiger partial charge is 0.305 e. The van der Waals surface area contributed by atoms with E-state index in [1.165, 1.54) is 0 Å². The Morgan fingerprint density at radius 2 is 2.03 bits per heavy atom. The predicted octanol–water partition coefficient (Wildman–Crippen LogP) is 2.39. The van der Waals surface area contributed by atoms with E-state index in [0.717, 1.165) is 10.8 Å². The lowest BCUT2D eigenvalue weighted by Crippen LogP contribution is -2.38. The fourth-order valence-corrected chi connectivity index (χ4v) is 3.98. The van der Waals surface area contributed by atoms with E-state index in [1.807, 2.05) is 39.0 Å². The van der Waals surface area contributed by atoms with Gasteiger partial charge in [-0.25, -0.2) is 4.98 Å². The summed E-state index contributed by atoms with van der Waals surface area (Å²) in [6, 6.07) is 5.71. The Morgan fingerprint density at radius 3 is 2.67 bits per heavy atom. The Bertz CT molecular complexity index is 627. The van der Waals surface area contributed by atoms with Gasteiger partial charge in [-0.15, -0.1) is 0 Å². The van der Waals surface area contributed by atoms with E-state index in [2.05, 4.69) is 10.3 Å². The minimum absolute atomic E-state index is 0.0765. The van der Waals surface area contributed by atoms with Crippen molar-refractivity contribution in [2.45, 2.75) is 57.5 Å². The normalized spacial score (nSPS) is 13.5. The number of hydrogen-bond donors (Lipinski definition) is 3. The summed E-state index contributed by atoms with van der Waals surface area (Å²) in [5.41, 5.74) is -0.358. The molecule has 2 unspecified atom stereocenters. The van der Waals surface area contributed by atoms with Crippen LogP contribution in [-0.2, 0) is 19.1 Å². The molecule has 1 rings (SSSR count). The minimum atomic E-state index is -1.31. The summed E-state index contributed by atoms with van der Waals surface area (Å²) in [5, 5.41) is 22.9. The molecule has 3 N–H and O–H groups in total. The molecule has 1 heterocycles. The third-order valence-corrected chi connectivity index (χ3v) is 6.18. The molecule has 0 radical (unpaired) electrons. The molecule has 2 atom stereocenters. The molecule has 0 aliphatic rings. The molecule has 0 aliphatic carbocycles. The Balaban J connectivity index is 2.06. The van der Waals surface area contributed by atoms with Gasteiger partial charge in [-0.05, 0) is 34.8 Å². The second-order valence-corrected chi connectivity index (χ2v) is 10.0. The summed E-state index contributed by atoms with van der Waals surface area (Å²) >= 11 is 0. The molecule has 0 aliphatic heterocycles. The van der Waals surface area contributed by atoms with Crippen LogP contribution in [0.3, 0.4) is 0 Å². The van der Waals surface area contributed by atoms with Crippen molar-refractivity contribution in [1.82, 2.24) is 10.3 Å². The first-order chi connectivity index (χ1) is 14.2. The largest absolute Gasteiger partial charge is 0.460 e. The van der Waals surface area contributed by atoms with Crippen molar-refractivity contribution in [2.75, 3.05) is 25.5 Å². The Morgan fingerprint density at radius 1 is 1.27 bits per heavy atom. The highest BCUT2D eigenvalue weighted by molar-refractivity contribution is 8.76.